The fourth-order valence-corrected chi connectivity index (χ4v) is 2.85. The summed E-state index contributed by atoms with van der Waals surface area (Å²) in [5.74, 6) is -0.731. The Hall–Kier alpha value is -3.19. The molecule has 0 fully saturated rings. The third kappa shape index (κ3) is 3.89. The van der Waals surface area contributed by atoms with Crippen LogP contribution in [0.1, 0.15) is 22.8 Å². The summed E-state index contributed by atoms with van der Waals surface area (Å²) in [4.78, 5) is 29.8. The number of anilines is 2. The standard InChI is InChI=1S/C20H19ClN4O3/c1-3-25-19(26)18(23-15-11-22-10-9-13(15)2)16(20(27)28-12-21)17(24-25)14-7-5-4-6-8-14/h4-11,23H,3,12H2,1-2H3. The van der Waals surface area contributed by atoms with Crippen LogP contribution in [0, 0.1) is 6.92 Å². The van der Waals surface area contributed by atoms with Crippen molar-refractivity contribution in [2.24, 2.45) is 0 Å². The fourth-order valence-electron chi connectivity index (χ4n) is 2.75. The SMILES string of the molecule is CCn1nc(-c2ccccc2)c(C(=O)OCCl)c(Nc2cnccc2C)c1=O. The van der Waals surface area contributed by atoms with Gasteiger partial charge in [-0.2, -0.15) is 5.10 Å². The topological polar surface area (TPSA) is 86.1 Å². The number of nitrogens with one attached hydrogen (secondary N) is 1. The molecule has 0 amide bonds. The summed E-state index contributed by atoms with van der Waals surface area (Å²) in [5, 5.41) is 7.45. The number of carbonyl (C=O) groups is 1. The van der Waals surface area contributed by atoms with Crippen LogP contribution in [0.25, 0.3) is 11.3 Å². The highest BCUT2D eigenvalue weighted by Crippen LogP contribution is 2.28. The molecule has 0 aliphatic carbocycles. The molecule has 0 bridgehead atoms. The minimum absolute atomic E-state index is 0.0322. The second kappa shape index (κ2) is 8.67. The van der Waals surface area contributed by atoms with Crippen LogP contribution < -0.4 is 10.9 Å². The van der Waals surface area contributed by atoms with Crippen LogP contribution in [0.5, 0.6) is 0 Å². The van der Waals surface area contributed by atoms with Gasteiger partial charge in [0.2, 0.25) is 0 Å². The number of alkyl halides is 1. The van der Waals surface area contributed by atoms with Crippen LogP contribution in [0.4, 0.5) is 11.4 Å². The fraction of sp³-hybridized carbons (Fsp3) is 0.200. The summed E-state index contributed by atoms with van der Waals surface area (Å²) in [6.45, 7) is 4.02. The second-order valence-electron chi connectivity index (χ2n) is 5.94. The average molecular weight is 399 g/mol. The molecule has 7 nitrogen and oxygen atoms in total. The van der Waals surface area contributed by atoms with Crippen molar-refractivity contribution in [3.05, 3.63) is 70.3 Å². The van der Waals surface area contributed by atoms with Gasteiger partial charge in [0, 0.05) is 18.3 Å². The molecule has 8 heteroatoms. The van der Waals surface area contributed by atoms with Crippen molar-refractivity contribution >= 4 is 28.9 Å². The van der Waals surface area contributed by atoms with Gasteiger partial charge in [0.15, 0.2) is 6.07 Å². The van der Waals surface area contributed by atoms with E-state index in [1.54, 1.807) is 25.4 Å². The molecular formula is C20H19ClN4O3. The van der Waals surface area contributed by atoms with Gasteiger partial charge < -0.3 is 10.1 Å². The first-order chi connectivity index (χ1) is 13.6. The summed E-state index contributed by atoms with van der Waals surface area (Å²) in [5.41, 5.74) is 2.15. The van der Waals surface area contributed by atoms with Gasteiger partial charge >= 0.3 is 5.97 Å². The zero-order valence-electron chi connectivity index (χ0n) is 15.5. The van der Waals surface area contributed by atoms with Crippen LogP contribution in [0.15, 0.2) is 53.6 Å². The molecule has 3 aromatic rings. The molecule has 2 aromatic heterocycles. The summed E-state index contributed by atoms with van der Waals surface area (Å²) in [6.07, 6.45) is 3.24. The number of aryl methyl sites for hydroxylation is 2. The van der Waals surface area contributed by atoms with Crippen molar-refractivity contribution in [2.45, 2.75) is 20.4 Å². The van der Waals surface area contributed by atoms with E-state index >= 15 is 0 Å². The van der Waals surface area contributed by atoms with E-state index in [4.69, 9.17) is 16.3 Å². The Morgan fingerprint density at radius 2 is 2.00 bits per heavy atom. The van der Waals surface area contributed by atoms with Crippen LogP contribution in [0.2, 0.25) is 0 Å². The third-order valence-electron chi connectivity index (χ3n) is 4.19. The molecule has 1 N–H and O–H groups in total. The van der Waals surface area contributed by atoms with Crippen LogP contribution in [0.3, 0.4) is 0 Å². The predicted molar refractivity (Wildman–Crippen MR) is 108 cm³/mol. The maximum Gasteiger partial charge on any atom is 0.343 e. The number of benzene rings is 1. The zero-order valence-corrected chi connectivity index (χ0v) is 16.2. The molecule has 0 atom stereocenters. The second-order valence-corrected chi connectivity index (χ2v) is 6.16. The minimum atomic E-state index is -0.731. The maximum atomic E-state index is 13.0. The highest BCUT2D eigenvalue weighted by molar-refractivity contribution is 6.18. The van der Waals surface area contributed by atoms with Gasteiger partial charge in [0.25, 0.3) is 5.56 Å². The van der Waals surface area contributed by atoms with Gasteiger partial charge in [0.1, 0.15) is 16.9 Å². The van der Waals surface area contributed by atoms with E-state index in [0.29, 0.717) is 23.5 Å². The van der Waals surface area contributed by atoms with Gasteiger partial charge in [-0.15, -0.1) is 0 Å². The molecule has 2 heterocycles. The normalized spacial score (nSPS) is 10.5. The summed E-state index contributed by atoms with van der Waals surface area (Å²) >= 11 is 5.60. The Bertz CT molecular complexity index is 1050. The molecule has 144 valence electrons. The molecule has 0 aliphatic heterocycles. The lowest BCUT2D eigenvalue weighted by molar-refractivity contribution is 0.0575. The number of pyridine rings is 1. The third-order valence-corrected chi connectivity index (χ3v) is 4.30. The zero-order chi connectivity index (χ0) is 20.1. The number of carbonyl (C=O) groups excluding carboxylic acids is 1. The van der Waals surface area contributed by atoms with E-state index in [2.05, 4.69) is 15.4 Å². The van der Waals surface area contributed by atoms with Crippen molar-refractivity contribution < 1.29 is 9.53 Å². The quantitative estimate of drug-likeness (QED) is 0.503. The first kappa shape index (κ1) is 19.6. The Balaban J connectivity index is 2.30. The molecule has 1 aromatic carbocycles. The van der Waals surface area contributed by atoms with Crippen molar-refractivity contribution in [3.63, 3.8) is 0 Å². The van der Waals surface area contributed by atoms with Gasteiger partial charge in [-0.05, 0) is 25.5 Å². The summed E-state index contributed by atoms with van der Waals surface area (Å²) < 4.78 is 6.31. The molecule has 0 radical (unpaired) electrons. The van der Waals surface area contributed by atoms with Crippen molar-refractivity contribution in [1.82, 2.24) is 14.8 Å². The van der Waals surface area contributed by atoms with E-state index in [-0.39, 0.29) is 17.3 Å². The summed E-state index contributed by atoms with van der Waals surface area (Å²) in [6, 6.07) is 10.6. The average Bonchev–Trinajstić information content (AvgIpc) is 2.71. The van der Waals surface area contributed by atoms with Crippen molar-refractivity contribution in [2.75, 3.05) is 11.4 Å². The minimum Gasteiger partial charge on any atom is -0.446 e. The van der Waals surface area contributed by atoms with E-state index < -0.39 is 11.5 Å². The van der Waals surface area contributed by atoms with Gasteiger partial charge in [-0.3, -0.25) is 9.78 Å². The van der Waals surface area contributed by atoms with Crippen LogP contribution in [-0.2, 0) is 11.3 Å². The molecule has 0 unspecified atom stereocenters. The number of ether oxygens (including phenoxy) is 1. The number of halogens is 1. The largest absolute Gasteiger partial charge is 0.446 e. The smallest absolute Gasteiger partial charge is 0.343 e. The first-order valence-corrected chi connectivity index (χ1v) is 9.21. The number of hydrogen-bond acceptors (Lipinski definition) is 6. The Kier molecular flexibility index (Phi) is 6.06. The molecule has 0 saturated heterocycles. The van der Waals surface area contributed by atoms with E-state index in [9.17, 15) is 9.59 Å². The maximum absolute atomic E-state index is 13.0. The van der Waals surface area contributed by atoms with Crippen molar-refractivity contribution in [3.8, 4) is 11.3 Å². The van der Waals surface area contributed by atoms with Gasteiger partial charge in [-0.1, -0.05) is 41.9 Å². The number of nitrogens with zero attached hydrogens (tertiary/aromatic N) is 3. The van der Waals surface area contributed by atoms with E-state index in [1.807, 2.05) is 37.3 Å². The lowest BCUT2D eigenvalue weighted by Crippen LogP contribution is -2.29. The first-order valence-electron chi connectivity index (χ1n) is 8.68. The molecule has 0 aliphatic rings. The molecule has 0 saturated carbocycles. The molecule has 0 spiro atoms. The molecular weight excluding hydrogens is 380 g/mol. The van der Waals surface area contributed by atoms with Crippen molar-refractivity contribution in [1.29, 1.82) is 0 Å². The number of esters is 1. The predicted octanol–water partition coefficient (Wildman–Crippen LogP) is 3.73. The Morgan fingerprint density at radius 1 is 1.25 bits per heavy atom. The van der Waals surface area contributed by atoms with Gasteiger partial charge in [-0.25, -0.2) is 9.48 Å². The monoisotopic (exact) mass is 398 g/mol. The van der Waals surface area contributed by atoms with E-state index in [1.165, 1.54) is 4.68 Å². The lowest BCUT2D eigenvalue weighted by atomic mass is 10.0. The molecule has 28 heavy (non-hydrogen) atoms. The van der Waals surface area contributed by atoms with Crippen LogP contribution >= 0.6 is 11.6 Å². The lowest BCUT2D eigenvalue weighted by Gasteiger charge is -2.17. The summed E-state index contributed by atoms with van der Waals surface area (Å²) in [7, 11) is 0. The highest BCUT2D eigenvalue weighted by Gasteiger charge is 2.25. The van der Waals surface area contributed by atoms with Gasteiger partial charge in [0.05, 0.1) is 11.9 Å². The number of aromatic nitrogens is 3. The van der Waals surface area contributed by atoms with Crippen LogP contribution in [-0.4, -0.2) is 26.8 Å². The molecule has 3 rings (SSSR count). The number of rotatable bonds is 6. The number of hydrogen-bond donors (Lipinski definition) is 1. The Labute approximate surface area is 166 Å². The van der Waals surface area contributed by atoms with E-state index in [0.717, 1.165) is 5.56 Å². The highest BCUT2D eigenvalue weighted by atomic mass is 35.5. The Morgan fingerprint density at radius 3 is 2.64 bits per heavy atom.